The molecule has 26 heavy (non-hydrogen) atoms. The molecule has 8 heteroatoms. The Hall–Kier alpha value is -2.10. The number of halogens is 1. The SMILES string of the molecule is Cc1noc(C)c1CNC(=NCc1ccccc1)NCC(=O)N(C)C.I. The average Bonchev–Trinajstić information content (AvgIpc) is 2.93. The molecule has 0 aliphatic carbocycles. The number of hydrogen-bond acceptors (Lipinski definition) is 4. The Kier molecular flexibility index (Phi) is 9.11. The van der Waals surface area contributed by atoms with Crippen molar-refractivity contribution in [3.8, 4) is 0 Å². The first kappa shape index (κ1) is 21.9. The van der Waals surface area contributed by atoms with Gasteiger partial charge < -0.3 is 20.1 Å². The number of carbonyl (C=O) groups excluding carboxylic acids is 1. The molecule has 0 saturated carbocycles. The van der Waals surface area contributed by atoms with Crippen LogP contribution < -0.4 is 10.6 Å². The average molecular weight is 471 g/mol. The van der Waals surface area contributed by atoms with Crippen LogP contribution in [-0.4, -0.2) is 42.6 Å². The number of aryl methyl sites for hydroxylation is 2. The normalized spacial score (nSPS) is 10.8. The number of nitrogens with one attached hydrogen (secondary N) is 2. The van der Waals surface area contributed by atoms with Gasteiger partial charge in [0.05, 0.1) is 18.8 Å². The van der Waals surface area contributed by atoms with E-state index in [9.17, 15) is 4.79 Å². The second-order valence-corrected chi connectivity index (χ2v) is 5.95. The summed E-state index contributed by atoms with van der Waals surface area (Å²) in [6, 6.07) is 9.95. The van der Waals surface area contributed by atoms with E-state index in [2.05, 4.69) is 20.8 Å². The summed E-state index contributed by atoms with van der Waals surface area (Å²) in [7, 11) is 3.45. The van der Waals surface area contributed by atoms with Crippen molar-refractivity contribution in [2.24, 2.45) is 4.99 Å². The number of aliphatic imine (C=N–C) groups is 1. The lowest BCUT2D eigenvalue weighted by Gasteiger charge is -2.15. The summed E-state index contributed by atoms with van der Waals surface area (Å²) in [5.41, 5.74) is 2.93. The van der Waals surface area contributed by atoms with Gasteiger partial charge in [-0.05, 0) is 19.4 Å². The van der Waals surface area contributed by atoms with Crippen LogP contribution in [0.25, 0.3) is 0 Å². The zero-order valence-electron chi connectivity index (χ0n) is 15.6. The molecule has 1 amide bonds. The zero-order chi connectivity index (χ0) is 18.2. The first-order valence-corrected chi connectivity index (χ1v) is 8.15. The van der Waals surface area contributed by atoms with Crippen LogP contribution in [0.4, 0.5) is 0 Å². The van der Waals surface area contributed by atoms with Crippen LogP contribution in [0.2, 0.25) is 0 Å². The van der Waals surface area contributed by atoms with Gasteiger partial charge in [0.25, 0.3) is 0 Å². The lowest BCUT2D eigenvalue weighted by atomic mass is 10.2. The Balaban J connectivity index is 0.00000338. The molecule has 1 aromatic carbocycles. The van der Waals surface area contributed by atoms with Gasteiger partial charge in [-0.15, -0.1) is 24.0 Å². The van der Waals surface area contributed by atoms with Crippen LogP contribution in [-0.2, 0) is 17.9 Å². The fraction of sp³-hybridized carbons (Fsp3) is 0.389. The molecular formula is C18H26IN5O2. The van der Waals surface area contributed by atoms with Crippen molar-refractivity contribution in [3.05, 3.63) is 52.9 Å². The Labute approximate surface area is 171 Å². The van der Waals surface area contributed by atoms with Gasteiger partial charge in [-0.1, -0.05) is 35.5 Å². The van der Waals surface area contributed by atoms with E-state index in [0.29, 0.717) is 19.0 Å². The molecule has 2 rings (SSSR count). The minimum absolute atomic E-state index is 0. The highest BCUT2D eigenvalue weighted by Crippen LogP contribution is 2.11. The standard InChI is InChI=1S/C18H25N5O2.HI/c1-13-16(14(2)25-22-13)11-20-18(21-12-17(24)23(3)4)19-10-15-8-6-5-7-9-15;/h5-9H,10-12H2,1-4H3,(H2,19,20,21);1H. The predicted molar refractivity (Wildman–Crippen MR) is 113 cm³/mol. The zero-order valence-corrected chi connectivity index (χ0v) is 17.9. The molecule has 0 spiro atoms. The third-order valence-corrected chi connectivity index (χ3v) is 3.78. The molecule has 0 bridgehead atoms. The Morgan fingerprint density at radius 1 is 1.19 bits per heavy atom. The number of amides is 1. The van der Waals surface area contributed by atoms with Crippen LogP contribution in [0.1, 0.15) is 22.6 Å². The Morgan fingerprint density at radius 3 is 2.46 bits per heavy atom. The quantitative estimate of drug-likeness (QED) is 0.384. The summed E-state index contributed by atoms with van der Waals surface area (Å²) in [6.45, 7) is 5.00. The van der Waals surface area contributed by atoms with E-state index in [1.54, 1.807) is 14.1 Å². The molecule has 0 fully saturated rings. The second-order valence-electron chi connectivity index (χ2n) is 5.95. The van der Waals surface area contributed by atoms with E-state index in [0.717, 1.165) is 22.6 Å². The Bertz CT molecular complexity index is 709. The number of rotatable bonds is 6. The molecule has 0 atom stereocenters. The van der Waals surface area contributed by atoms with Crippen molar-refractivity contribution < 1.29 is 9.32 Å². The molecule has 0 radical (unpaired) electrons. The van der Waals surface area contributed by atoms with E-state index in [1.807, 2.05) is 44.2 Å². The topological polar surface area (TPSA) is 82.8 Å². The fourth-order valence-electron chi connectivity index (χ4n) is 2.17. The van der Waals surface area contributed by atoms with E-state index in [1.165, 1.54) is 4.90 Å². The predicted octanol–water partition coefficient (Wildman–Crippen LogP) is 2.23. The van der Waals surface area contributed by atoms with Crippen molar-refractivity contribution in [3.63, 3.8) is 0 Å². The minimum Gasteiger partial charge on any atom is -0.361 e. The van der Waals surface area contributed by atoms with Gasteiger partial charge >= 0.3 is 0 Å². The van der Waals surface area contributed by atoms with Crippen molar-refractivity contribution in [2.75, 3.05) is 20.6 Å². The molecule has 142 valence electrons. The maximum absolute atomic E-state index is 11.8. The van der Waals surface area contributed by atoms with Crippen molar-refractivity contribution in [1.29, 1.82) is 0 Å². The van der Waals surface area contributed by atoms with Gasteiger partial charge in [0.15, 0.2) is 5.96 Å². The van der Waals surface area contributed by atoms with Gasteiger partial charge in [0.2, 0.25) is 5.91 Å². The van der Waals surface area contributed by atoms with Crippen LogP contribution >= 0.6 is 24.0 Å². The van der Waals surface area contributed by atoms with Gasteiger partial charge in [-0.2, -0.15) is 0 Å². The van der Waals surface area contributed by atoms with Gasteiger partial charge in [0.1, 0.15) is 5.76 Å². The van der Waals surface area contributed by atoms with E-state index in [-0.39, 0.29) is 36.4 Å². The molecule has 7 nitrogen and oxygen atoms in total. The fourth-order valence-corrected chi connectivity index (χ4v) is 2.17. The summed E-state index contributed by atoms with van der Waals surface area (Å²) in [5, 5.41) is 10.3. The number of benzene rings is 1. The number of hydrogen-bond donors (Lipinski definition) is 2. The van der Waals surface area contributed by atoms with E-state index < -0.39 is 0 Å². The molecule has 1 heterocycles. The van der Waals surface area contributed by atoms with Gasteiger partial charge in [-0.25, -0.2) is 4.99 Å². The van der Waals surface area contributed by atoms with E-state index >= 15 is 0 Å². The van der Waals surface area contributed by atoms with Crippen LogP contribution in [0.3, 0.4) is 0 Å². The minimum atomic E-state index is -0.0217. The highest BCUT2D eigenvalue weighted by atomic mass is 127. The molecule has 1 aromatic heterocycles. The monoisotopic (exact) mass is 471 g/mol. The van der Waals surface area contributed by atoms with Crippen molar-refractivity contribution in [2.45, 2.75) is 26.9 Å². The highest BCUT2D eigenvalue weighted by molar-refractivity contribution is 14.0. The second kappa shape index (κ2) is 10.8. The molecule has 0 aliphatic rings. The van der Waals surface area contributed by atoms with Crippen molar-refractivity contribution >= 4 is 35.8 Å². The first-order chi connectivity index (χ1) is 12.0. The lowest BCUT2D eigenvalue weighted by Crippen LogP contribution is -2.42. The third kappa shape index (κ3) is 6.66. The first-order valence-electron chi connectivity index (χ1n) is 8.15. The maximum Gasteiger partial charge on any atom is 0.241 e. The van der Waals surface area contributed by atoms with Crippen molar-refractivity contribution in [1.82, 2.24) is 20.7 Å². The summed E-state index contributed by atoms with van der Waals surface area (Å²) in [6.07, 6.45) is 0. The summed E-state index contributed by atoms with van der Waals surface area (Å²) >= 11 is 0. The van der Waals surface area contributed by atoms with Crippen LogP contribution in [0, 0.1) is 13.8 Å². The van der Waals surface area contributed by atoms with Crippen LogP contribution in [0.5, 0.6) is 0 Å². The van der Waals surface area contributed by atoms with Crippen LogP contribution in [0.15, 0.2) is 39.8 Å². The molecule has 0 unspecified atom stereocenters. The third-order valence-electron chi connectivity index (χ3n) is 3.78. The summed E-state index contributed by atoms with van der Waals surface area (Å²) < 4.78 is 5.18. The Morgan fingerprint density at radius 2 is 1.88 bits per heavy atom. The molecular weight excluding hydrogens is 445 g/mol. The number of carbonyl (C=O) groups is 1. The number of nitrogens with zero attached hydrogens (tertiary/aromatic N) is 3. The number of guanidine groups is 1. The smallest absolute Gasteiger partial charge is 0.241 e. The highest BCUT2D eigenvalue weighted by Gasteiger charge is 2.11. The summed E-state index contributed by atoms with van der Waals surface area (Å²) in [4.78, 5) is 17.9. The molecule has 0 aliphatic heterocycles. The van der Waals surface area contributed by atoms with Gasteiger partial charge in [0, 0.05) is 26.2 Å². The lowest BCUT2D eigenvalue weighted by molar-refractivity contribution is -0.127. The summed E-state index contributed by atoms with van der Waals surface area (Å²) in [5.74, 6) is 1.32. The number of aromatic nitrogens is 1. The van der Waals surface area contributed by atoms with E-state index in [4.69, 9.17) is 4.52 Å². The largest absolute Gasteiger partial charge is 0.361 e. The molecule has 0 saturated heterocycles. The molecule has 2 N–H and O–H groups in total. The van der Waals surface area contributed by atoms with Gasteiger partial charge in [-0.3, -0.25) is 4.79 Å². The number of likely N-dealkylation sites (N-methyl/N-ethyl adjacent to an activating group) is 1. The maximum atomic E-state index is 11.8. The molecule has 2 aromatic rings.